The highest BCUT2D eigenvalue weighted by Gasteiger charge is 2.35. The van der Waals surface area contributed by atoms with Crippen LogP contribution in [0.5, 0.6) is 5.75 Å². The first kappa shape index (κ1) is 15.3. The van der Waals surface area contributed by atoms with E-state index < -0.39 is 5.82 Å². The average Bonchev–Trinajstić information content (AvgIpc) is 3.07. The Labute approximate surface area is 130 Å². The summed E-state index contributed by atoms with van der Waals surface area (Å²) >= 11 is 0. The number of rotatable bonds is 3. The molecule has 0 radical (unpaired) electrons. The van der Waals surface area contributed by atoms with Crippen LogP contribution in [0.15, 0.2) is 12.1 Å². The zero-order valence-corrected chi connectivity index (χ0v) is 12.7. The molecule has 1 aromatic rings. The van der Waals surface area contributed by atoms with Crippen LogP contribution >= 0.6 is 0 Å². The van der Waals surface area contributed by atoms with E-state index in [1.54, 1.807) is 0 Å². The molecule has 4 nitrogen and oxygen atoms in total. The summed E-state index contributed by atoms with van der Waals surface area (Å²) in [6.07, 6.45) is 4.50. The Morgan fingerprint density at radius 1 is 1.27 bits per heavy atom. The van der Waals surface area contributed by atoms with Crippen molar-refractivity contribution < 1.29 is 9.50 Å². The highest BCUT2D eigenvalue weighted by atomic mass is 19.1. The van der Waals surface area contributed by atoms with Gasteiger partial charge in [0, 0.05) is 37.8 Å². The topological polar surface area (TPSA) is 59.3 Å². The van der Waals surface area contributed by atoms with Gasteiger partial charge in [-0.2, -0.15) is 5.26 Å². The predicted octanol–water partition coefficient (Wildman–Crippen LogP) is 2.54. The molecule has 1 atom stereocenters. The maximum absolute atomic E-state index is 13.9. The van der Waals surface area contributed by atoms with Crippen LogP contribution in [-0.4, -0.2) is 36.2 Å². The number of benzene rings is 1. The molecule has 1 heterocycles. The third-order valence-electron chi connectivity index (χ3n) is 4.98. The summed E-state index contributed by atoms with van der Waals surface area (Å²) in [6, 6.07) is 4.75. The largest absolute Gasteiger partial charge is 0.505 e. The van der Waals surface area contributed by atoms with Crippen LogP contribution in [0.25, 0.3) is 0 Å². The molecule has 0 aromatic heterocycles. The summed E-state index contributed by atoms with van der Waals surface area (Å²) in [4.78, 5) is 2.31. The van der Waals surface area contributed by atoms with Crippen LogP contribution in [0, 0.1) is 23.1 Å². The van der Waals surface area contributed by atoms with Crippen molar-refractivity contribution in [3.05, 3.63) is 29.1 Å². The molecule has 1 saturated carbocycles. The van der Waals surface area contributed by atoms with E-state index in [-0.39, 0.29) is 11.8 Å². The lowest BCUT2D eigenvalue weighted by atomic mass is 9.86. The number of hydrogen-bond acceptors (Lipinski definition) is 4. The Balaban J connectivity index is 2.05. The van der Waals surface area contributed by atoms with E-state index in [0.717, 1.165) is 39.0 Å². The number of halogens is 1. The summed E-state index contributed by atoms with van der Waals surface area (Å²) in [6.45, 7) is 3.51. The number of phenols is 1. The monoisotopic (exact) mass is 303 g/mol. The van der Waals surface area contributed by atoms with Gasteiger partial charge in [-0.05, 0) is 30.9 Å². The quantitative estimate of drug-likeness (QED) is 0.901. The van der Waals surface area contributed by atoms with E-state index in [1.807, 2.05) is 0 Å². The maximum Gasteiger partial charge on any atom is 0.165 e. The van der Waals surface area contributed by atoms with Crippen molar-refractivity contribution in [2.24, 2.45) is 5.92 Å². The van der Waals surface area contributed by atoms with Gasteiger partial charge in [-0.25, -0.2) is 4.39 Å². The molecular weight excluding hydrogens is 281 g/mol. The molecule has 2 fully saturated rings. The number of nitrogens with zero attached hydrogens (tertiary/aromatic N) is 2. The number of nitrogens with one attached hydrogen (secondary N) is 1. The van der Waals surface area contributed by atoms with Gasteiger partial charge < -0.3 is 10.4 Å². The summed E-state index contributed by atoms with van der Waals surface area (Å²) in [7, 11) is 0. The Hall–Kier alpha value is -1.64. The number of hydrogen-bond donors (Lipinski definition) is 2. The molecule has 22 heavy (non-hydrogen) atoms. The van der Waals surface area contributed by atoms with Gasteiger partial charge in [-0.15, -0.1) is 0 Å². The lowest BCUT2D eigenvalue weighted by molar-refractivity contribution is 0.122. The fraction of sp³-hybridized carbons (Fsp3) is 0.588. The summed E-state index contributed by atoms with van der Waals surface area (Å²) in [5, 5.41) is 23.0. The fourth-order valence-corrected chi connectivity index (χ4v) is 3.93. The van der Waals surface area contributed by atoms with Gasteiger partial charge in [0.15, 0.2) is 11.6 Å². The van der Waals surface area contributed by atoms with Crippen molar-refractivity contribution >= 4 is 0 Å². The molecule has 1 aliphatic carbocycles. The molecule has 118 valence electrons. The molecule has 0 bridgehead atoms. The van der Waals surface area contributed by atoms with Crippen LogP contribution < -0.4 is 5.32 Å². The summed E-state index contributed by atoms with van der Waals surface area (Å²) in [5.41, 5.74) is 0.894. The number of phenolic OH excluding ortho intramolecular Hbond substituents is 1. The first-order chi connectivity index (χ1) is 10.7. The van der Waals surface area contributed by atoms with Crippen molar-refractivity contribution in [1.82, 2.24) is 10.2 Å². The highest BCUT2D eigenvalue weighted by Crippen LogP contribution is 2.44. The van der Waals surface area contributed by atoms with E-state index in [9.17, 15) is 14.8 Å². The second kappa shape index (κ2) is 6.64. The first-order valence-corrected chi connectivity index (χ1v) is 8.08. The van der Waals surface area contributed by atoms with Crippen LogP contribution in [0.2, 0.25) is 0 Å². The summed E-state index contributed by atoms with van der Waals surface area (Å²) in [5.74, 6) is -0.584. The molecule has 1 aliphatic heterocycles. The Morgan fingerprint density at radius 2 is 1.95 bits per heavy atom. The van der Waals surface area contributed by atoms with Gasteiger partial charge in [0.2, 0.25) is 0 Å². The average molecular weight is 303 g/mol. The SMILES string of the molecule is N#Cc1ccc(F)c(O)c1[C@H](C1CCCC1)N1CCNCC1. The van der Waals surface area contributed by atoms with Crippen LogP contribution in [-0.2, 0) is 0 Å². The van der Waals surface area contributed by atoms with Crippen molar-refractivity contribution in [3.8, 4) is 11.8 Å². The molecule has 3 rings (SSSR count). The molecule has 0 amide bonds. The van der Waals surface area contributed by atoms with E-state index in [0.29, 0.717) is 17.0 Å². The van der Waals surface area contributed by atoms with E-state index in [1.165, 1.54) is 25.0 Å². The lowest BCUT2D eigenvalue weighted by Crippen LogP contribution is -2.47. The van der Waals surface area contributed by atoms with Crippen molar-refractivity contribution in [3.63, 3.8) is 0 Å². The van der Waals surface area contributed by atoms with Crippen molar-refractivity contribution in [2.75, 3.05) is 26.2 Å². The Kier molecular flexibility index (Phi) is 4.60. The van der Waals surface area contributed by atoms with E-state index >= 15 is 0 Å². The maximum atomic E-state index is 13.9. The molecule has 5 heteroatoms. The zero-order chi connectivity index (χ0) is 15.5. The van der Waals surface area contributed by atoms with E-state index in [4.69, 9.17) is 0 Å². The second-order valence-electron chi connectivity index (χ2n) is 6.24. The molecule has 1 saturated heterocycles. The predicted molar refractivity (Wildman–Crippen MR) is 81.9 cm³/mol. The van der Waals surface area contributed by atoms with Gasteiger partial charge in [-0.1, -0.05) is 12.8 Å². The fourth-order valence-electron chi connectivity index (χ4n) is 3.93. The van der Waals surface area contributed by atoms with Gasteiger partial charge in [-0.3, -0.25) is 4.90 Å². The van der Waals surface area contributed by atoms with Crippen LogP contribution in [0.4, 0.5) is 4.39 Å². The number of nitriles is 1. The minimum absolute atomic E-state index is 0.0602. The third-order valence-corrected chi connectivity index (χ3v) is 4.98. The first-order valence-electron chi connectivity index (χ1n) is 8.08. The Morgan fingerprint density at radius 3 is 2.59 bits per heavy atom. The molecular formula is C17H22FN3O. The summed E-state index contributed by atoms with van der Waals surface area (Å²) < 4.78 is 13.9. The lowest BCUT2D eigenvalue weighted by Gasteiger charge is -2.39. The normalized spacial score (nSPS) is 21.6. The van der Waals surface area contributed by atoms with E-state index in [2.05, 4.69) is 16.3 Å². The second-order valence-corrected chi connectivity index (χ2v) is 6.24. The standard InChI is InChI=1S/C17H22FN3O/c18-14-6-5-13(11-19)15(17(14)22)16(12-3-1-2-4-12)21-9-7-20-8-10-21/h5-6,12,16,20,22H,1-4,7-10H2/t16-/m0/s1. The van der Waals surface area contributed by atoms with Crippen molar-refractivity contribution in [1.29, 1.82) is 5.26 Å². The number of aromatic hydroxyl groups is 1. The zero-order valence-electron chi connectivity index (χ0n) is 12.7. The minimum Gasteiger partial charge on any atom is -0.505 e. The third kappa shape index (κ3) is 2.81. The minimum atomic E-state index is -0.632. The molecule has 1 aromatic carbocycles. The van der Waals surface area contributed by atoms with Crippen LogP contribution in [0.1, 0.15) is 42.9 Å². The molecule has 2 aliphatic rings. The smallest absolute Gasteiger partial charge is 0.165 e. The van der Waals surface area contributed by atoms with Gasteiger partial charge in [0.05, 0.1) is 11.6 Å². The molecule has 0 spiro atoms. The Bertz CT molecular complexity index is 572. The molecule has 0 unspecified atom stereocenters. The molecule has 2 N–H and O–H groups in total. The van der Waals surface area contributed by atoms with Gasteiger partial charge in [0.25, 0.3) is 0 Å². The van der Waals surface area contributed by atoms with Crippen molar-refractivity contribution in [2.45, 2.75) is 31.7 Å². The van der Waals surface area contributed by atoms with Crippen LogP contribution in [0.3, 0.4) is 0 Å². The highest BCUT2D eigenvalue weighted by molar-refractivity contribution is 5.49. The van der Waals surface area contributed by atoms with Gasteiger partial charge >= 0.3 is 0 Å². The van der Waals surface area contributed by atoms with Gasteiger partial charge in [0.1, 0.15) is 0 Å². The number of piperazine rings is 1.